The molecule has 0 heterocycles. The molecule has 0 aliphatic heterocycles. The van der Waals surface area contributed by atoms with Crippen molar-refractivity contribution < 1.29 is 0 Å². The lowest BCUT2D eigenvalue weighted by atomic mass is 9.67. The van der Waals surface area contributed by atoms with Gasteiger partial charge in [-0.15, -0.1) is 0 Å². The van der Waals surface area contributed by atoms with Crippen LogP contribution in [0.5, 0.6) is 0 Å². The van der Waals surface area contributed by atoms with Crippen molar-refractivity contribution in [2.24, 2.45) is 28.6 Å². The highest BCUT2D eigenvalue weighted by Gasteiger charge is 2.67. The van der Waals surface area contributed by atoms with E-state index in [1.54, 1.807) is 19.3 Å². The summed E-state index contributed by atoms with van der Waals surface area (Å²) in [6.45, 7) is 9.63. The molecule has 102 valence electrons. The van der Waals surface area contributed by atoms with Gasteiger partial charge in [-0.05, 0) is 74.5 Å². The van der Waals surface area contributed by atoms with Crippen LogP contribution < -0.4 is 0 Å². The van der Waals surface area contributed by atoms with Gasteiger partial charge in [0.1, 0.15) is 0 Å². The molecule has 0 heteroatoms. The molecule has 3 rings (SSSR count). The Hall–Kier alpha value is -0.260. The molecule has 3 aliphatic carbocycles. The topological polar surface area (TPSA) is 0 Å². The smallest absolute Gasteiger partial charge is 0.0230 e. The van der Waals surface area contributed by atoms with E-state index in [0.717, 1.165) is 23.2 Å². The van der Waals surface area contributed by atoms with Gasteiger partial charge in [-0.1, -0.05) is 38.3 Å². The van der Waals surface area contributed by atoms with E-state index in [-0.39, 0.29) is 0 Å². The van der Waals surface area contributed by atoms with E-state index in [9.17, 15) is 0 Å². The zero-order valence-electron chi connectivity index (χ0n) is 12.8. The molecule has 4 atom stereocenters. The Morgan fingerprint density at radius 1 is 1.17 bits per heavy atom. The van der Waals surface area contributed by atoms with Crippen LogP contribution in [0.3, 0.4) is 0 Å². The van der Waals surface area contributed by atoms with Crippen LogP contribution >= 0.6 is 0 Å². The van der Waals surface area contributed by atoms with E-state index >= 15 is 0 Å². The standard InChI is InChI=1S/C18H30/c1-13(2)8-9-15-14(3)17(15,4)16-7-5-6-10-18(16)11-12-18/h8,14-16H,5-7,9-12H2,1-4H3. The van der Waals surface area contributed by atoms with E-state index in [4.69, 9.17) is 0 Å². The second kappa shape index (κ2) is 4.12. The summed E-state index contributed by atoms with van der Waals surface area (Å²) in [7, 11) is 0. The van der Waals surface area contributed by atoms with Gasteiger partial charge in [0.05, 0.1) is 0 Å². The molecule has 3 fully saturated rings. The van der Waals surface area contributed by atoms with Crippen molar-refractivity contribution in [3.63, 3.8) is 0 Å². The first-order chi connectivity index (χ1) is 8.51. The van der Waals surface area contributed by atoms with Crippen molar-refractivity contribution in [1.29, 1.82) is 0 Å². The molecule has 0 amide bonds. The monoisotopic (exact) mass is 246 g/mol. The highest BCUT2D eigenvalue weighted by molar-refractivity contribution is 5.18. The van der Waals surface area contributed by atoms with Crippen LogP contribution in [-0.2, 0) is 0 Å². The maximum absolute atomic E-state index is 2.62. The lowest BCUT2D eigenvalue weighted by Crippen LogP contribution is -2.29. The Bertz CT molecular complexity index is 356. The van der Waals surface area contributed by atoms with E-state index in [1.165, 1.54) is 31.3 Å². The number of hydrogen-bond acceptors (Lipinski definition) is 0. The average molecular weight is 246 g/mol. The van der Waals surface area contributed by atoms with Crippen molar-refractivity contribution in [3.8, 4) is 0 Å². The van der Waals surface area contributed by atoms with Gasteiger partial charge in [-0.2, -0.15) is 0 Å². The third-order valence-electron chi connectivity index (χ3n) is 6.85. The van der Waals surface area contributed by atoms with Gasteiger partial charge in [-0.25, -0.2) is 0 Å². The van der Waals surface area contributed by atoms with Crippen LogP contribution in [0.4, 0.5) is 0 Å². The Kier molecular flexibility index (Phi) is 2.92. The predicted molar refractivity (Wildman–Crippen MR) is 78.4 cm³/mol. The van der Waals surface area contributed by atoms with E-state index < -0.39 is 0 Å². The Morgan fingerprint density at radius 3 is 2.50 bits per heavy atom. The highest BCUT2D eigenvalue weighted by atomic mass is 14.7. The molecule has 1 spiro atoms. The number of rotatable bonds is 3. The quantitative estimate of drug-likeness (QED) is 0.570. The highest BCUT2D eigenvalue weighted by Crippen LogP contribution is 2.75. The molecule has 3 aliphatic rings. The number of allylic oxidation sites excluding steroid dienone is 2. The molecule has 0 bridgehead atoms. The average Bonchev–Trinajstić information content (AvgIpc) is 3.19. The Balaban J connectivity index is 1.73. The maximum atomic E-state index is 2.62. The van der Waals surface area contributed by atoms with Crippen LogP contribution in [-0.4, -0.2) is 0 Å². The molecular formula is C18H30. The van der Waals surface area contributed by atoms with E-state index in [0.29, 0.717) is 5.41 Å². The largest absolute Gasteiger partial charge is 0.0856 e. The summed E-state index contributed by atoms with van der Waals surface area (Å²) in [5.41, 5.74) is 3.00. The van der Waals surface area contributed by atoms with Crippen LogP contribution in [0.2, 0.25) is 0 Å². The van der Waals surface area contributed by atoms with Crippen molar-refractivity contribution >= 4 is 0 Å². The molecule has 0 aromatic carbocycles. The minimum absolute atomic E-state index is 0.683. The molecule has 4 unspecified atom stereocenters. The first kappa shape index (κ1) is 12.8. The minimum Gasteiger partial charge on any atom is -0.0856 e. The minimum atomic E-state index is 0.683. The van der Waals surface area contributed by atoms with Crippen molar-refractivity contribution in [1.82, 2.24) is 0 Å². The van der Waals surface area contributed by atoms with Crippen LogP contribution in [0.25, 0.3) is 0 Å². The maximum Gasteiger partial charge on any atom is -0.0230 e. The predicted octanol–water partition coefficient (Wildman–Crippen LogP) is 5.59. The summed E-state index contributed by atoms with van der Waals surface area (Å²) >= 11 is 0. The van der Waals surface area contributed by atoms with Gasteiger partial charge >= 0.3 is 0 Å². The van der Waals surface area contributed by atoms with Crippen LogP contribution in [0.1, 0.15) is 72.6 Å². The summed E-state index contributed by atoms with van der Waals surface area (Å²) < 4.78 is 0. The molecule has 18 heavy (non-hydrogen) atoms. The fraction of sp³-hybridized carbons (Fsp3) is 0.889. The molecule has 0 N–H and O–H groups in total. The summed E-state index contributed by atoms with van der Waals surface area (Å²) in [6.07, 6.45) is 13.0. The van der Waals surface area contributed by atoms with Crippen LogP contribution in [0, 0.1) is 28.6 Å². The lowest BCUT2D eigenvalue weighted by Gasteiger charge is -2.38. The van der Waals surface area contributed by atoms with Gasteiger partial charge in [0.15, 0.2) is 0 Å². The molecule has 0 aromatic heterocycles. The third-order valence-corrected chi connectivity index (χ3v) is 6.85. The lowest BCUT2D eigenvalue weighted by molar-refractivity contribution is 0.116. The molecule has 0 nitrogen and oxygen atoms in total. The molecular weight excluding hydrogens is 216 g/mol. The summed E-state index contributed by atoms with van der Waals surface area (Å²) in [6, 6.07) is 0. The SMILES string of the molecule is CC(C)=CCC1C(C)C1(C)C1CCCCC12CC2. The van der Waals surface area contributed by atoms with Crippen molar-refractivity contribution in [3.05, 3.63) is 11.6 Å². The van der Waals surface area contributed by atoms with Gasteiger partial charge < -0.3 is 0 Å². The fourth-order valence-electron chi connectivity index (χ4n) is 5.29. The summed E-state index contributed by atoms with van der Waals surface area (Å²) in [4.78, 5) is 0. The van der Waals surface area contributed by atoms with Gasteiger partial charge in [0.2, 0.25) is 0 Å². The molecule has 0 saturated heterocycles. The fourth-order valence-corrected chi connectivity index (χ4v) is 5.29. The summed E-state index contributed by atoms with van der Waals surface area (Å²) in [5.74, 6) is 3.01. The zero-order valence-corrected chi connectivity index (χ0v) is 12.8. The number of hydrogen-bond donors (Lipinski definition) is 0. The second-order valence-electron chi connectivity index (χ2n) is 7.94. The van der Waals surface area contributed by atoms with E-state index in [1.807, 2.05) is 0 Å². The van der Waals surface area contributed by atoms with E-state index in [2.05, 4.69) is 33.8 Å². The normalized spacial score (nSPS) is 44.8. The molecule has 3 saturated carbocycles. The van der Waals surface area contributed by atoms with Gasteiger partial charge in [-0.3, -0.25) is 0 Å². The second-order valence-corrected chi connectivity index (χ2v) is 7.94. The van der Waals surface area contributed by atoms with Crippen molar-refractivity contribution in [2.45, 2.75) is 72.6 Å². The first-order valence-electron chi connectivity index (χ1n) is 8.14. The zero-order chi connectivity index (χ0) is 13.0. The molecule has 0 radical (unpaired) electrons. The van der Waals surface area contributed by atoms with Crippen LogP contribution in [0.15, 0.2) is 11.6 Å². The first-order valence-corrected chi connectivity index (χ1v) is 8.14. The molecule has 0 aromatic rings. The third kappa shape index (κ3) is 1.79. The Morgan fingerprint density at radius 2 is 1.89 bits per heavy atom. The Labute approximate surface area is 113 Å². The van der Waals surface area contributed by atoms with Gasteiger partial charge in [0, 0.05) is 0 Å². The summed E-state index contributed by atoms with van der Waals surface area (Å²) in [5, 5.41) is 0. The van der Waals surface area contributed by atoms with Gasteiger partial charge in [0.25, 0.3) is 0 Å². The van der Waals surface area contributed by atoms with Crippen molar-refractivity contribution in [2.75, 3.05) is 0 Å².